The van der Waals surface area contributed by atoms with Gasteiger partial charge in [-0.05, 0) is 91.7 Å². The van der Waals surface area contributed by atoms with Crippen LogP contribution in [-0.4, -0.2) is 101 Å². The molecule has 0 saturated carbocycles. The van der Waals surface area contributed by atoms with Crippen molar-refractivity contribution < 1.29 is 33.4 Å². The molecule has 6 atom stereocenters. The summed E-state index contributed by atoms with van der Waals surface area (Å²) in [6, 6.07) is 19.1. The number of imidazole rings is 1. The molecular formula is C44H55N7O7. The predicted molar refractivity (Wildman–Crippen MR) is 218 cm³/mol. The zero-order chi connectivity index (χ0) is 40.9. The quantitative estimate of drug-likeness (QED) is 0.126. The van der Waals surface area contributed by atoms with Crippen molar-refractivity contribution in [1.82, 2.24) is 35.4 Å². The number of amides is 4. The van der Waals surface area contributed by atoms with Crippen LogP contribution in [0.1, 0.15) is 82.9 Å². The van der Waals surface area contributed by atoms with Gasteiger partial charge >= 0.3 is 12.2 Å². The van der Waals surface area contributed by atoms with Crippen molar-refractivity contribution in [2.75, 3.05) is 33.9 Å². The fourth-order valence-electron chi connectivity index (χ4n) is 8.74. The lowest BCUT2D eigenvalue weighted by molar-refractivity contribution is -0.137. The van der Waals surface area contributed by atoms with E-state index in [1.54, 1.807) is 0 Å². The minimum Gasteiger partial charge on any atom is -0.453 e. The number of likely N-dealkylation sites (tertiary alicyclic amines) is 2. The maximum atomic E-state index is 14.0. The number of alkyl carbamates (subject to hydrolysis) is 2. The molecule has 0 spiro atoms. The first kappa shape index (κ1) is 40.6. The summed E-state index contributed by atoms with van der Waals surface area (Å²) in [5, 5.41) is 5.55. The Kier molecular flexibility index (Phi) is 12.5. The second kappa shape index (κ2) is 17.9. The van der Waals surface area contributed by atoms with Gasteiger partial charge in [-0.2, -0.15) is 0 Å². The standard InChI is InChI=1S/C44H55N7O7/c1-26(2)38(48-43(54)56-4)41(52)50-21-6-8-36(50)34-19-18-33(46-34)30-14-10-28(11-15-30)29-12-16-31(17-13-29)35-25-45-40(47-35)37-9-7-22-51(37)42(53)39(49-44(55)57-5)32-20-23-58-27(3)24-32/h10-19,25-27,32,36-39,46H,6-9,20-24H2,1-5H3,(H,45,47)(H,48,54)(H,49,55)/t27?,32?,36?,37-,38-,39-/m0/s1. The highest BCUT2D eigenvalue weighted by Crippen LogP contribution is 2.36. The molecular weight excluding hydrogens is 739 g/mol. The monoisotopic (exact) mass is 793 g/mol. The van der Waals surface area contributed by atoms with Crippen LogP contribution in [0.3, 0.4) is 0 Å². The summed E-state index contributed by atoms with van der Waals surface area (Å²) < 4.78 is 15.4. The minimum atomic E-state index is -0.697. The molecule has 5 heterocycles. The molecule has 3 fully saturated rings. The normalized spacial score (nSPS) is 21.8. The van der Waals surface area contributed by atoms with E-state index in [0.717, 1.165) is 70.8 Å². The summed E-state index contributed by atoms with van der Waals surface area (Å²) in [7, 11) is 2.61. The fraction of sp³-hybridized carbons (Fsp3) is 0.477. The Hall–Kier alpha value is -5.63. The molecule has 2 aromatic carbocycles. The molecule has 3 unspecified atom stereocenters. The SMILES string of the molecule is COC(=O)N[C@H](C(=O)N1CCCC1c1ccc(-c2ccc(-c3ccc(-c4cnc([C@@H]5CCCN5C(=O)[C@@H](NC(=O)OC)C5CCOC(C)C5)[nH]4)cc3)cc2)[nH]1)C(C)C. The molecule has 0 aliphatic carbocycles. The third-order valence-corrected chi connectivity index (χ3v) is 11.9. The summed E-state index contributed by atoms with van der Waals surface area (Å²) in [5.41, 5.74) is 6.97. The number of carbonyl (C=O) groups excluding carboxylic acids is 4. The summed E-state index contributed by atoms with van der Waals surface area (Å²) in [5.74, 6) is 0.379. The number of carbonyl (C=O) groups is 4. The van der Waals surface area contributed by atoms with Crippen LogP contribution in [0.4, 0.5) is 9.59 Å². The summed E-state index contributed by atoms with van der Waals surface area (Å²) in [6.45, 7) is 7.60. The largest absolute Gasteiger partial charge is 0.453 e. The van der Waals surface area contributed by atoms with Crippen LogP contribution in [0.25, 0.3) is 33.6 Å². The number of rotatable bonds is 11. The zero-order valence-corrected chi connectivity index (χ0v) is 34.0. The van der Waals surface area contributed by atoms with Crippen molar-refractivity contribution in [3.63, 3.8) is 0 Å². The van der Waals surface area contributed by atoms with E-state index < -0.39 is 24.3 Å². The molecule has 14 nitrogen and oxygen atoms in total. The van der Waals surface area contributed by atoms with E-state index in [-0.39, 0.29) is 41.8 Å². The maximum absolute atomic E-state index is 14.0. The van der Waals surface area contributed by atoms with Gasteiger partial charge in [0.25, 0.3) is 0 Å². The topological polar surface area (TPSA) is 171 Å². The number of hydrogen-bond donors (Lipinski definition) is 4. The van der Waals surface area contributed by atoms with E-state index in [1.807, 2.05) is 42.8 Å². The molecule has 58 heavy (non-hydrogen) atoms. The lowest BCUT2D eigenvalue weighted by Gasteiger charge is -2.36. The Morgan fingerprint density at radius 2 is 1.33 bits per heavy atom. The smallest absolute Gasteiger partial charge is 0.407 e. The number of aromatic amines is 2. The molecule has 4 amide bonds. The zero-order valence-electron chi connectivity index (χ0n) is 34.0. The molecule has 0 radical (unpaired) electrons. The number of aromatic nitrogens is 3. The number of nitrogens with one attached hydrogen (secondary N) is 4. The third kappa shape index (κ3) is 8.76. The van der Waals surface area contributed by atoms with Gasteiger partial charge in [0.05, 0.1) is 44.3 Å². The van der Waals surface area contributed by atoms with Crippen LogP contribution in [0.15, 0.2) is 66.9 Å². The first-order valence-corrected chi connectivity index (χ1v) is 20.4. The van der Waals surface area contributed by atoms with E-state index in [0.29, 0.717) is 32.5 Å². The highest BCUT2D eigenvalue weighted by Gasteiger charge is 2.41. The van der Waals surface area contributed by atoms with E-state index >= 15 is 0 Å². The van der Waals surface area contributed by atoms with Crippen molar-refractivity contribution in [1.29, 1.82) is 0 Å². The Morgan fingerprint density at radius 1 is 0.741 bits per heavy atom. The summed E-state index contributed by atoms with van der Waals surface area (Å²) in [6.07, 6.45) is 5.32. The van der Waals surface area contributed by atoms with Crippen LogP contribution in [0.2, 0.25) is 0 Å². The number of methoxy groups -OCH3 is 2. The minimum absolute atomic E-state index is 0.0118. The Labute approximate surface area is 339 Å². The fourth-order valence-corrected chi connectivity index (χ4v) is 8.74. The molecule has 14 heteroatoms. The molecule has 0 bridgehead atoms. The lowest BCUT2D eigenvalue weighted by atomic mass is 9.88. The molecule has 3 saturated heterocycles. The van der Waals surface area contributed by atoms with Crippen LogP contribution < -0.4 is 10.6 Å². The van der Waals surface area contributed by atoms with Gasteiger partial charge in [-0.25, -0.2) is 14.6 Å². The number of hydrogen-bond acceptors (Lipinski definition) is 8. The van der Waals surface area contributed by atoms with Crippen molar-refractivity contribution in [2.24, 2.45) is 11.8 Å². The highest BCUT2D eigenvalue weighted by atomic mass is 16.5. The van der Waals surface area contributed by atoms with Gasteiger partial charge in [0.15, 0.2) is 0 Å². The van der Waals surface area contributed by atoms with Crippen LogP contribution in [-0.2, 0) is 23.8 Å². The predicted octanol–water partition coefficient (Wildman–Crippen LogP) is 6.99. The van der Waals surface area contributed by atoms with Gasteiger partial charge in [-0.3, -0.25) is 9.59 Å². The van der Waals surface area contributed by atoms with Crippen LogP contribution >= 0.6 is 0 Å². The number of ether oxygens (including phenoxy) is 3. The number of benzene rings is 2. The Balaban J connectivity index is 1.00. The van der Waals surface area contributed by atoms with E-state index in [4.69, 9.17) is 19.2 Å². The van der Waals surface area contributed by atoms with Crippen molar-refractivity contribution in [2.45, 2.75) is 89.6 Å². The molecule has 3 aliphatic heterocycles. The van der Waals surface area contributed by atoms with Gasteiger partial charge < -0.3 is 44.6 Å². The second-order valence-electron chi connectivity index (χ2n) is 16.0. The van der Waals surface area contributed by atoms with Gasteiger partial charge in [0.1, 0.15) is 17.9 Å². The average Bonchev–Trinajstić information content (AvgIpc) is 4.08. The second-order valence-corrected chi connectivity index (χ2v) is 16.0. The molecule has 3 aliphatic rings. The third-order valence-electron chi connectivity index (χ3n) is 11.9. The van der Waals surface area contributed by atoms with Gasteiger partial charge in [-0.15, -0.1) is 0 Å². The van der Waals surface area contributed by atoms with Gasteiger partial charge in [0.2, 0.25) is 11.8 Å². The van der Waals surface area contributed by atoms with Crippen molar-refractivity contribution >= 4 is 24.0 Å². The Morgan fingerprint density at radius 3 is 1.95 bits per heavy atom. The molecule has 4 aromatic rings. The van der Waals surface area contributed by atoms with E-state index in [1.165, 1.54) is 14.2 Å². The molecule has 2 aromatic heterocycles. The summed E-state index contributed by atoms with van der Waals surface area (Å²) in [4.78, 5) is 67.4. The van der Waals surface area contributed by atoms with Gasteiger partial charge in [-0.1, -0.05) is 62.4 Å². The number of H-pyrrole nitrogens is 2. The van der Waals surface area contributed by atoms with E-state index in [9.17, 15) is 19.2 Å². The first-order chi connectivity index (χ1) is 28.0. The van der Waals surface area contributed by atoms with Crippen LogP contribution in [0, 0.1) is 11.8 Å². The average molecular weight is 794 g/mol. The number of nitrogens with zero attached hydrogens (tertiary/aromatic N) is 3. The highest BCUT2D eigenvalue weighted by molar-refractivity contribution is 5.87. The lowest BCUT2D eigenvalue weighted by Crippen LogP contribution is -2.53. The van der Waals surface area contributed by atoms with Crippen LogP contribution in [0.5, 0.6) is 0 Å². The first-order valence-electron chi connectivity index (χ1n) is 20.4. The molecule has 4 N–H and O–H groups in total. The molecule has 308 valence electrons. The van der Waals surface area contributed by atoms with E-state index in [2.05, 4.69) is 75.2 Å². The van der Waals surface area contributed by atoms with Crippen molar-refractivity contribution in [3.8, 4) is 33.6 Å². The maximum Gasteiger partial charge on any atom is 0.407 e. The van der Waals surface area contributed by atoms with Gasteiger partial charge in [0, 0.05) is 31.1 Å². The Bertz CT molecular complexity index is 2060. The molecule has 7 rings (SSSR count). The van der Waals surface area contributed by atoms with Crippen molar-refractivity contribution in [3.05, 3.63) is 78.4 Å². The summed E-state index contributed by atoms with van der Waals surface area (Å²) >= 11 is 0.